The number of likely N-dealkylation sites (tertiary alicyclic amines) is 1. The fourth-order valence-electron chi connectivity index (χ4n) is 3.50. The van der Waals surface area contributed by atoms with Crippen molar-refractivity contribution >= 4 is 29.2 Å². The summed E-state index contributed by atoms with van der Waals surface area (Å²) in [6.07, 6.45) is 2.01. The third-order valence-corrected chi connectivity index (χ3v) is 5.84. The van der Waals surface area contributed by atoms with E-state index in [0.717, 1.165) is 24.9 Å². The number of carbonyl (C=O) groups is 3. The van der Waals surface area contributed by atoms with Crippen molar-refractivity contribution in [2.45, 2.75) is 25.4 Å². The molecule has 2 aliphatic rings. The van der Waals surface area contributed by atoms with Gasteiger partial charge in [0.25, 0.3) is 5.91 Å². The summed E-state index contributed by atoms with van der Waals surface area (Å²) in [6.45, 7) is 1.04. The normalized spacial score (nSPS) is 19.9. The summed E-state index contributed by atoms with van der Waals surface area (Å²) in [4.78, 5) is 40.6. The van der Waals surface area contributed by atoms with E-state index in [2.05, 4.69) is 11.4 Å². The Morgan fingerprint density at radius 3 is 2.65 bits per heavy atom. The molecule has 3 heterocycles. The second-order valence-corrected chi connectivity index (χ2v) is 7.49. The number of carbonyl (C=O) groups excluding carboxylic acids is 3. The number of urea groups is 1. The first-order chi connectivity index (χ1) is 12.6. The predicted octanol–water partition coefficient (Wildman–Crippen LogP) is 2.78. The molecule has 1 aromatic carbocycles. The van der Waals surface area contributed by atoms with Crippen LogP contribution in [0, 0.1) is 0 Å². The van der Waals surface area contributed by atoms with Crippen molar-refractivity contribution in [1.82, 2.24) is 15.1 Å². The zero-order chi connectivity index (χ0) is 18.1. The van der Waals surface area contributed by atoms with Gasteiger partial charge in [0.15, 0.2) is 0 Å². The first-order valence-electron chi connectivity index (χ1n) is 8.65. The molecule has 1 N–H and O–H groups in total. The molecular weight excluding hydrogens is 350 g/mol. The Morgan fingerprint density at radius 2 is 2.00 bits per heavy atom. The summed E-state index contributed by atoms with van der Waals surface area (Å²) < 4.78 is 0. The summed E-state index contributed by atoms with van der Waals surface area (Å²) in [7, 11) is 0. The highest BCUT2D eigenvalue weighted by Crippen LogP contribution is 2.35. The van der Waals surface area contributed by atoms with E-state index in [-0.39, 0.29) is 37.0 Å². The molecule has 26 heavy (non-hydrogen) atoms. The standard InChI is InChI=1S/C19H19N3O3S/c23-17-11-20-19(25)22(17)12-13-5-7-14(8-6-13)18(24)21-9-1-3-15(21)16-4-2-10-26-16/h2,4-8,10,15H,1,3,9,11-12H2,(H,20,25). The Bertz CT molecular complexity index is 816. The Kier molecular flexibility index (Phi) is 4.46. The maximum absolute atomic E-state index is 12.9. The van der Waals surface area contributed by atoms with Crippen molar-refractivity contribution in [2.24, 2.45) is 0 Å². The molecule has 1 atom stereocenters. The lowest BCUT2D eigenvalue weighted by Gasteiger charge is -2.24. The van der Waals surface area contributed by atoms with Crippen LogP contribution >= 0.6 is 11.3 Å². The average Bonchev–Trinajstić information content (AvgIpc) is 3.39. The average molecular weight is 369 g/mol. The Labute approximate surface area is 155 Å². The minimum Gasteiger partial charge on any atom is -0.331 e. The third-order valence-electron chi connectivity index (χ3n) is 4.86. The second kappa shape index (κ2) is 6.92. The monoisotopic (exact) mass is 369 g/mol. The number of rotatable bonds is 4. The fraction of sp³-hybridized carbons (Fsp3) is 0.316. The van der Waals surface area contributed by atoms with Gasteiger partial charge >= 0.3 is 6.03 Å². The topological polar surface area (TPSA) is 69.7 Å². The molecule has 1 aromatic heterocycles. The van der Waals surface area contributed by atoms with Crippen molar-refractivity contribution in [1.29, 1.82) is 0 Å². The number of hydrogen-bond donors (Lipinski definition) is 1. The molecule has 0 spiro atoms. The fourth-order valence-corrected chi connectivity index (χ4v) is 4.38. The molecule has 7 heteroatoms. The van der Waals surface area contributed by atoms with Crippen LogP contribution in [-0.4, -0.2) is 40.7 Å². The molecule has 4 amide bonds. The highest BCUT2D eigenvalue weighted by molar-refractivity contribution is 7.10. The number of benzene rings is 1. The van der Waals surface area contributed by atoms with Crippen molar-refractivity contribution in [3.63, 3.8) is 0 Å². The van der Waals surface area contributed by atoms with Gasteiger partial charge in [0.05, 0.1) is 19.1 Å². The molecule has 2 fully saturated rings. The van der Waals surface area contributed by atoms with Gasteiger partial charge in [-0.25, -0.2) is 4.79 Å². The summed E-state index contributed by atoms with van der Waals surface area (Å²) in [6, 6.07) is 11.1. The van der Waals surface area contributed by atoms with Gasteiger partial charge in [-0.3, -0.25) is 14.5 Å². The van der Waals surface area contributed by atoms with Gasteiger partial charge in [-0.2, -0.15) is 0 Å². The third kappa shape index (κ3) is 3.10. The van der Waals surface area contributed by atoms with Crippen LogP contribution in [0.25, 0.3) is 0 Å². The Hall–Kier alpha value is -2.67. The van der Waals surface area contributed by atoms with Gasteiger partial charge < -0.3 is 10.2 Å². The quantitative estimate of drug-likeness (QED) is 0.843. The minimum atomic E-state index is -0.369. The van der Waals surface area contributed by atoms with Crippen molar-refractivity contribution in [3.05, 3.63) is 57.8 Å². The maximum atomic E-state index is 12.9. The molecule has 4 rings (SSSR count). The van der Waals surface area contributed by atoms with Crippen LogP contribution in [0.4, 0.5) is 4.79 Å². The van der Waals surface area contributed by atoms with Crippen molar-refractivity contribution in [2.75, 3.05) is 13.1 Å². The minimum absolute atomic E-state index is 0.0300. The van der Waals surface area contributed by atoms with E-state index in [9.17, 15) is 14.4 Å². The highest BCUT2D eigenvalue weighted by Gasteiger charge is 2.31. The zero-order valence-electron chi connectivity index (χ0n) is 14.2. The molecule has 1 unspecified atom stereocenters. The molecule has 2 saturated heterocycles. The number of thiophene rings is 1. The largest absolute Gasteiger partial charge is 0.331 e. The lowest BCUT2D eigenvalue weighted by Crippen LogP contribution is -2.31. The number of hydrogen-bond acceptors (Lipinski definition) is 4. The number of amides is 4. The SMILES string of the molecule is O=C1CNC(=O)N1Cc1ccc(C(=O)N2CCCC2c2cccs2)cc1. The summed E-state index contributed by atoms with van der Waals surface area (Å²) in [5.74, 6) is -0.201. The molecule has 0 aliphatic carbocycles. The van der Waals surface area contributed by atoms with E-state index in [1.807, 2.05) is 28.5 Å². The summed E-state index contributed by atoms with van der Waals surface area (Å²) >= 11 is 1.69. The summed E-state index contributed by atoms with van der Waals surface area (Å²) in [5, 5.41) is 4.54. The van der Waals surface area contributed by atoms with Gasteiger partial charge in [0, 0.05) is 17.0 Å². The van der Waals surface area contributed by atoms with E-state index < -0.39 is 0 Å². The summed E-state index contributed by atoms with van der Waals surface area (Å²) in [5.41, 5.74) is 1.46. The molecule has 0 bridgehead atoms. The smallest absolute Gasteiger partial charge is 0.324 e. The lowest BCUT2D eigenvalue weighted by atomic mass is 10.1. The number of nitrogens with zero attached hydrogens (tertiary/aromatic N) is 2. The van der Waals surface area contributed by atoms with E-state index in [0.29, 0.717) is 5.56 Å². The lowest BCUT2D eigenvalue weighted by molar-refractivity contribution is -0.125. The van der Waals surface area contributed by atoms with E-state index >= 15 is 0 Å². The first kappa shape index (κ1) is 16.8. The van der Waals surface area contributed by atoms with Crippen LogP contribution in [0.2, 0.25) is 0 Å². The molecular formula is C19H19N3O3S. The van der Waals surface area contributed by atoms with Crippen LogP contribution < -0.4 is 5.32 Å². The maximum Gasteiger partial charge on any atom is 0.324 e. The van der Waals surface area contributed by atoms with Gasteiger partial charge in [0.1, 0.15) is 0 Å². The molecule has 2 aliphatic heterocycles. The molecule has 0 saturated carbocycles. The number of imide groups is 1. The second-order valence-electron chi connectivity index (χ2n) is 6.51. The van der Waals surface area contributed by atoms with Crippen molar-refractivity contribution in [3.8, 4) is 0 Å². The van der Waals surface area contributed by atoms with Crippen LogP contribution in [0.5, 0.6) is 0 Å². The Morgan fingerprint density at radius 1 is 1.19 bits per heavy atom. The first-order valence-corrected chi connectivity index (χ1v) is 9.53. The number of nitrogens with one attached hydrogen (secondary N) is 1. The highest BCUT2D eigenvalue weighted by atomic mass is 32.1. The Balaban J connectivity index is 1.47. The van der Waals surface area contributed by atoms with E-state index in [4.69, 9.17) is 0 Å². The van der Waals surface area contributed by atoms with Crippen LogP contribution in [0.15, 0.2) is 41.8 Å². The van der Waals surface area contributed by atoms with Gasteiger partial charge in [-0.15, -0.1) is 11.3 Å². The van der Waals surface area contributed by atoms with Gasteiger partial charge in [-0.1, -0.05) is 18.2 Å². The van der Waals surface area contributed by atoms with Crippen LogP contribution in [0.1, 0.15) is 39.7 Å². The van der Waals surface area contributed by atoms with Crippen LogP contribution in [0.3, 0.4) is 0 Å². The van der Waals surface area contributed by atoms with E-state index in [1.165, 1.54) is 9.78 Å². The zero-order valence-corrected chi connectivity index (χ0v) is 15.0. The van der Waals surface area contributed by atoms with Crippen LogP contribution in [-0.2, 0) is 11.3 Å². The van der Waals surface area contributed by atoms with Gasteiger partial charge in [-0.05, 0) is 42.0 Å². The molecule has 134 valence electrons. The van der Waals surface area contributed by atoms with Crippen molar-refractivity contribution < 1.29 is 14.4 Å². The van der Waals surface area contributed by atoms with Gasteiger partial charge in [0.2, 0.25) is 5.91 Å². The molecule has 0 radical (unpaired) electrons. The molecule has 2 aromatic rings. The predicted molar refractivity (Wildman–Crippen MR) is 97.7 cm³/mol. The molecule has 6 nitrogen and oxygen atoms in total. The van der Waals surface area contributed by atoms with E-state index in [1.54, 1.807) is 23.5 Å².